The SMILES string of the molecule is CN=C(NCCCNC(=O)OC(C)(C)C)NCC(c1ccco1)N(C)C.I. The van der Waals surface area contributed by atoms with Crippen molar-refractivity contribution in [2.45, 2.75) is 38.8 Å². The molecule has 0 aliphatic carbocycles. The molecule has 0 bridgehead atoms. The molecule has 3 N–H and O–H groups in total. The van der Waals surface area contributed by atoms with E-state index in [1.807, 2.05) is 47.0 Å². The van der Waals surface area contributed by atoms with Crippen LogP contribution in [0.1, 0.15) is 39.0 Å². The number of halogens is 1. The van der Waals surface area contributed by atoms with Crippen molar-refractivity contribution in [2.75, 3.05) is 40.8 Å². The monoisotopic (exact) mass is 495 g/mol. The van der Waals surface area contributed by atoms with E-state index in [9.17, 15) is 4.79 Å². The summed E-state index contributed by atoms with van der Waals surface area (Å²) in [5.74, 6) is 1.61. The van der Waals surface area contributed by atoms with Crippen LogP contribution in [0.15, 0.2) is 27.8 Å². The van der Waals surface area contributed by atoms with Crippen LogP contribution < -0.4 is 16.0 Å². The van der Waals surface area contributed by atoms with Gasteiger partial charge in [0.25, 0.3) is 0 Å². The maximum atomic E-state index is 11.6. The van der Waals surface area contributed by atoms with Crippen LogP contribution >= 0.6 is 24.0 Å². The van der Waals surface area contributed by atoms with Crippen LogP contribution in [0, 0.1) is 0 Å². The number of nitrogens with zero attached hydrogens (tertiary/aromatic N) is 2. The summed E-state index contributed by atoms with van der Waals surface area (Å²) in [6.45, 7) is 7.40. The molecular formula is C18H34IN5O3. The Hall–Kier alpha value is -1.49. The molecule has 27 heavy (non-hydrogen) atoms. The maximum Gasteiger partial charge on any atom is 0.407 e. The minimum absolute atomic E-state index is 0. The Kier molecular flexibility index (Phi) is 12.1. The summed E-state index contributed by atoms with van der Waals surface area (Å²) < 4.78 is 10.7. The van der Waals surface area contributed by atoms with E-state index in [2.05, 4.69) is 25.8 Å². The van der Waals surface area contributed by atoms with Crippen molar-refractivity contribution in [3.8, 4) is 0 Å². The quantitative estimate of drug-likeness (QED) is 0.222. The third kappa shape index (κ3) is 11.1. The van der Waals surface area contributed by atoms with Crippen molar-refractivity contribution in [2.24, 2.45) is 4.99 Å². The number of aliphatic imine (C=N–C) groups is 1. The van der Waals surface area contributed by atoms with E-state index in [1.54, 1.807) is 13.3 Å². The molecule has 8 nitrogen and oxygen atoms in total. The van der Waals surface area contributed by atoms with Crippen LogP contribution in [-0.2, 0) is 4.74 Å². The summed E-state index contributed by atoms with van der Waals surface area (Å²) in [6.07, 6.45) is 2.04. The van der Waals surface area contributed by atoms with Crippen molar-refractivity contribution in [3.05, 3.63) is 24.2 Å². The van der Waals surface area contributed by atoms with E-state index >= 15 is 0 Å². The number of nitrogens with one attached hydrogen (secondary N) is 3. The standard InChI is InChI=1S/C18H33N5O3.HI/c1-18(2,3)26-17(24)21-11-8-10-20-16(19-4)22-13-14(23(5)6)15-9-7-12-25-15;/h7,9,12,14H,8,10-11,13H2,1-6H3,(H,21,24)(H2,19,20,22);1H. The molecule has 0 saturated heterocycles. The summed E-state index contributed by atoms with van der Waals surface area (Å²) in [7, 11) is 5.74. The average molecular weight is 495 g/mol. The molecule has 9 heteroatoms. The molecule has 0 spiro atoms. The van der Waals surface area contributed by atoms with Gasteiger partial charge >= 0.3 is 6.09 Å². The van der Waals surface area contributed by atoms with Crippen LogP contribution in [0.25, 0.3) is 0 Å². The van der Waals surface area contributed by atoms with Gasteiger partial charge in [-0.05, 0) is 53.4 Å². The summed E-state index contributed by atoms with van der Waals surface area (Å²) >= 11 is 0. The molecule has 1 aromatic heterocycles. The zero-order valence-electron chi connectivity index (χ0n) is 17.2. The Morgan fingerprint density at radius 3 is 2.44 bits per heavy atom. The lowest BCUT2D eigenvalue weighted by molar-refractivity contribution is 0.0527. The molecule has 1 atom stereocenters. The van der Waals surface area contributed by atoms with Gasteiger partial charge in [-0.15, -0.1) is 24.0 Å². The second-order valence-corrected chi connectivity index (χ2v) is 7.16. The molecule has 1 heterocycles. The van der Waals surface area contributed by atoms with Gasteiger partial charge in [0.15, 0.2) is 5.96 Å². The minimum atomic E-state index is -0.481. The highest BCUT2D eigenvalue weighted by molar-refractivity contribution is 14.0. The number of hydrogen-bond donors (Lipinski definition) is 3. The number of alkyl carbamates (subject to hydrolysis) is 1. The minimum Gasteiger partial charge on any atom is -0.468 e. The molecule has 0 radical (unpaired) electrons. The Bertz CT molecular complexity index is 556. The van der Waals surface area contributed by atoms with Crippen molar-refractivity contribution < 1.29 is 13.9 Å². The first kappa shape index (κ1) is 25.5. The normalized spacial score (nSPS) is 12.9. The third-order valence-corrected chi connectivity index (χ3v) is 3.50. The van der Waals surface area contributed by atoms with Gasteiger partial charge in [0.1, 0.15) is 11.4 Å². The molecular weight excluding hydrogens is 461 g/mol. The first-order valence-electron chi connectivity index (χ1n) is 8.84. The average Bonchev–Trinajstić information content (AvgIpc) is 3.04. The van der Waals surface area contributed by atoms with Gasteiger partial charge in [0.2, 0.25) is 0 Å². The van der Waals surface area contributed by atoms with E-state index in [4.69, 9.17) is 9.15 Å². The van der Waals surface area contributed by atoms with Crippen molar-refractivity contribution >= 4 is 36.0 Å². The van der Waals surface area contributed by atoms with Gasteiger partial charge in [0.05, 0.1) is 12.3 Å². The number of likely N-dealkylation sites (N-methyl/N-ethyl adjacent to an activating group) is 1. The van der Waals surface area contributed by atoms with Gasteiger partial charge < -0.3 is 25.1 Å². The Morgan fingerprint density at radius 1 is 1.26 bits per heavy atom. The predicted octanol–water partition coefficient (Wildman–Crippen LogP) is 2.58. The third-order valence-electron chi connectivity index (χ3n) is 3.50. The lowest BCUT2D eigenvalue weighted by atomic mass is 10.2. The molecule has 0 saturated carbocycles. The highest BCUT2D eigenvalue weighted by Gasteiger charge is 2.17. The fourth-order valence-electron chi connectivity index (χ4n) is 2.23. The van der Waals surface area contributed by atoms with E-state index < -0.39 is 11.7 Å². The number of amides is 1. The Morgan fingerprint density at radius 2 is 1.93 bits per heavy atom. The number of furan rings is 1. The number of carbonyl (C=O) groups excluding carboxylic acids is 1. The zero-order valence-corrected chi connectivity index (χ0v) is 19.5. The number of guanidine groups is 1. The highest BCUT2D eigenvalue weighted by atomic mass is 127. The van der Waals surface area contributed by atoms with Crippen LogP contribution in [-0.4, -0.2) is 63.3 Å². The first-order valence-corrected chi connectivity index (χ1v) is 8.84. The topological polar surface area (TPSA) is 91.1 Å². The first-order chi connectivity index (χ1) is 12.2. The molecule has 0 aromatic carbocycles. The Balaban J connectivity index is 0.00000676. The molecule has 0 fully saturated rings. The number of hydrogen-bond acceptors (Lipinski definition) is 5. The molecule has 1 unspecified atom stereocenters. The molecule has 0 aliphatic rings. The summed E-state index contributed by atoms with van der Waals surface area (Å²) in [6, 6.07) is 3.96. The second-order valence-electron chi connectivity index (χ2n) is 7.16. The van der Waals surface area contributed by atoms with Crippen molar-refractivity contribution in [3.63, 3.8) is 0 Å². The van der Waals surface area contributed by atoms with E-state index in [-0.39, 0.29) is 30.0 Å². The summed E-state index contributed by atoms with van der Waals surface area (Å²) in [5, 5.41) is 9.26. The maximum absolute atomic E-state index is 11.6. The number of ether oxygens (including phenoxy) is 1. The van der Waals surface area contributed by atoms with Crippen LogP contribution in [0.4, 0.5) is 4.79 Å². The van der Waals surface area contributed by atoms with Crippen molar-refractivity contribution in [1.82, 2.24) is 20.9 Å². The van der Waals surface area contributed by atoms with Gasteiger partial charge in [-0.1, -0.05) is 0 Å². The number of carbonyl (C=O) groups is 1. The van der Waals surface area contributed by atoms with Crippen LogP contribution in [0.5, 0.6) is 0 Å². The zero-order chi connectivity index (χ0) is 19.6. The molecule has 0 aliphatic heterocycles. The summed E-state index contributed by atoms with van der Waals surface area (Å²) in [5.41, 5.74) is -0.481. The lowest BCUT2D eigenvalue weighted by Gasteiger charge is -2.23. The smallest absolute Gasteiger partial charge is 0.407 e. The van der Waals surface area contributed by atoms with E-state index in [1.165, 1.54) is 0 Å². The Labute approximate surface area is 179 Å². The molecule has 1 aromatic rings. The highest BCUT2D eigenvalue weighted by Crippen LogP contribution is 2.17. The predicted molar refractivity (Wildman–Crippen MR) is 119 cm³/mol. The second kappa shape index (κ2) is 12.8. The fraction of sp³-hybridized carbons (Fsp3) is 0.667. The number of rotatable bonds is 8. The van der Waals surface area contributed by atoms with Gasteiger partial charge in [-0.3, -0.25) is 9.89 Å². The van der Waals surface area contributed by atoms with E-state index in [0.29, 0.717) is 25.6 Å². The van der Waals surface area contributed by atoms with E-state index in [0.717, 1.165) is 12.2 Å². The van der Waals surface area contributed by atoms with Gasteiger partial charge in [0, 0.05) is 26.7 Å². The molecule has 1 rings (SSSR count). The van der Waals surface area contributed by atoms with Crippen LogP contribution in [0.3, 0.4) is 0 Å². The fourth-order valence-corrected chi connectivity index (χ4v) is 2.23. The summed E-state index contributed by atoms with van der Waals surface area (Å²) in [4.78, 5) is 17.9. The van der Waals surface area contributed by atoms with Gasteiger partial charge in [-0.2, -0.15) is 0 Å². The lowest BCUT2D eigenvalue weighted by Crippen LogP contribution is -2.42. The van der Waals surface area contributed by atoms with Crippen LogP contribution in [0.2, 0.25) is 0 Å². The molecule has 156 valence electrons. The molecule has 1 amide bonds. The largest absolute Gasteiger partial charge is 0.468 e. The van der Waals surface area contributed by atoms with Gasteiger partial charge in [-0.25, -0.2) is 4.79 Å². The van der Waals surface area contributed by atoms with Crippen molar-refractivity contribution in [1.29, 1.82) is 0 Å².